The Bertz CT molecular complexity index is 859. The smallest absolute Gasteiger partial charge is 0.347 e. The summed E-state index contributed by atoms with van der Waals surface area (Å²) in [6.45, 7) is 0. The molecule has 0 aliphatic heterocycles. The number of aromatic nitrogens is 1. The molecule has 1 aromatic heterocycles. The van der Waals surface area contributed by atoms with Crippen LogP contribution in [0, 0.1) is 5.82 Å². The maximum atomic E-state index is 12.9. The van der Waals surface area contributed by atoms with Crippen molar-refractivity contribution in [3.8, 4) is 11.5 Å². The van der Waals surface area contributed by atoms with Crippen LogP contribution >= 0.6 is 31.9 Å². The minimum Gasteiger partial charge on any atom is -0.403 e. The minimum atomic E-state index is -0.490. The molecule has 2 aromatic carbocycles. The molecule has 3 nitrogen and oxygen atoms in total. The van der Waals surface area contributed by atoms with E-state index >= 15 is 0 Å². The van der Waals surface area contributed by atoms with Crippen LogP contribution in [0.5, 0.6) is 0 Å². The van der Waals surface area contributed by atoms with E-state index in [-0.39, 0.29) is 11.7 Å². The predicted octanol–water partition coefficient (Wildman–Crippen LogP) is 4.52. The van der Waals surface area contributed by atoms with Crippen LogP contribution in [0.2, 0.25) is 0 Å². The average Bonchev–Trinajstić information content (AvgIpc) is 2.40. The van der Waals surface area contributed by atoms with E-state index in [2.05, 4.69) is 36.8 Å². The summed E-state index contributed by atoms with van der Waals surface area (Å²) in [6, 6.07) is 9.05. The Morgan fingerprint density at radius 3 is 2.50 bits per heavy atom. The second kappa shape index (κ2) is 5.10. The second-order valence-electron chi connectivity index (χ2n) is 4.10. The van der Waals surface area contributed by atoms with Crippen molar-refractivity contribution in [3.05, 3.63) is 61.6 Å². The van der Waals surface area contributed by atoms with Gasteiger partial charge in [0, 0.05) is 14.5 Å². The molecule has 0 saturated heterocycles. The average molecular weight is 399 g/mol. The molecule has 0 radical (unpaired) electrons. The van der Waals surface area contributed by atoms with Gasteiger partial charge in [-0.2, -0.15) is 0 Å². The van der Waals surface area contributed by atoms with Gasteiger partial charge < -0.3 is 4.42 Å². The van der Waals surface area contributed by atoms with Gasteiger partial charge in [-0.15, -0.1) is 0 Å². The maximum absolute atomic E-state index is 12.9. The third kappa shape index (κ3) is 2.41. The highest BCUT2D eigenvalue weighted by molar-refractivity contribution is 9.11. The number of halogens is 3. The lowest BCUT2D eigenvalue weighted by molar-refractivity contribution is 0.518. The Kier molecular flexibility index (Phi) is 3.43. The second-order valence-corrected chi connectivity index (χ2v) is 5.87. The summed E-state index contributed by atoms with van der Waals surface area (Å²) < 4.78 is 19.5. The summed E-state index contributed by atoms with van der Waals surface area (Å²) in [6.07, 6.45) is 0. The van der Waals surface area contributed by atoms with E-state index in [0.717, 1.165) is 4.47 Å². The van der Waals surface area contributed by atoms with Crippen molar-refractivity contribution in [2.24, 2.45) is 0 Å². The van der Waals surface area contributed by atoms with Crippen molar-refractivity contribution >= 4 is 42.8 Å². The summed E-state index contributed by atoms with van der Waals surface area (Å²) in [5.74, 6) is -0.201. The summed E-state index contributed by atoms with van der Waals surface area (Å²) >= 11 is 6.68. The Balaban J connectivity index is 2.29. The largest absolute Gasteiger partial charge is 0.403 e. The van der Waals surface area contributed by atoms with E-state index in [4.69, 9.17) is 4.42 Å². The number of hydrogen-bond donors (Lipinski definition) is 0. The first-order chi connectivity index (χ1) is 9.54. The number of benzene rings is 2. The predicted molar refractivity (Wildman–Crippen MR) is 81.1 cm³/mol. The number of rotatable bonds is 1. The third-order valence-corrected chi connectivity index (χ3v) is 3.80. The molecular formula is C14H6Br2FNO2. The van der Waals surface area contributed by atoms with Gasteiger partial charge in [0.2, 0.25) is 5.89 Å². The summed E-state index contributed by atoms with van der Waals surface area (Å²) in [5.41, 5.74) is 0.556. The van der Waals surface area contributed by atoms with E-state index < -0.39 is 5.63 Å². The normalized spacial score (nSPS) is 10.9. The van der Waals surface area contributed by atoms with Crippen molar-refractivity contribution in [1.82, 2.24) is 4.98 Å². The van der Waals surface area contributed by atoms with Crippen LogP contribution in [-0.4, -0.2) is 4.98 Å². The van der Waals surface area contributed by atoms with Gasteiger partial charge in [-0.3, -0.25) is 0 Å². The Hall–Kier alpha value is -1.53. The Morgan fingerprint density at radius 2 is 1.80 bits per heavy atom. The fraction of sp³-hybridized carbons (Fsp3) is 0. The topological polar surface area (TPSA) is 43.1 Å². The van der Waals surface area contributed by atoms with E-state index in [0.29, 0.717) is 20.9 Å². The third-order valence-electron chi connectivity index (χ3n) is 2.74. The molecule has 0 amide bonds. The fourth-order valence-electron chi connectivity index (χ4n) is 1.82. The first-order valence-corrected chi connectivity index (χ1v) is 7.19. The minimum absolute atomic E-state index is 0.158. The Labute approximate surface area is 129 Å². The molecule has 0 saturated carbocycles. The molecule has 20 heavy (non-hydrogen) atoms. The zero-order chi connectivity index (χ0) is 14.3. The van der Waals surface area contributed by atoms with Crippen LogP contribution in [0.1, 0.15) is 0 Å². The van der Waals surface area contributed by atoms with E-state index in [9.17, 15) is 9.18 Å². The van der Waals surface area contributed by atoms with Crippen LogP contribution in [0.25, 0.3) is 22.4 Å². The lowest BCUT2D eigenvalue weighted by Crippen LogP contribution is -2.03. The molecule has 1 heterocycles. The summed E-state index contributed by atoms with van der Waals surface area (Å²) in [7, 11) is 0. The Morgan fingerprint density at radius 1 is 1.10 bits per heavy atom. The summed E-state index contributed by atoms with van der Waals surface area (Å²) in [4.78, 5) is 16.3. The van der Waals surface area contributed by atoms with Crippen LogP contribution in [0.3, 0.4) is 0 Å². The molecule has 3 rings (SSSR count). The first kappa shape index (κ1) is 13.5. The standard InChI is InChI=1S/C14H6Br2FNO2/c15-8-5-10-12(11(16)6-8)18-13(20-14(10)19)7-1-3-9(17)4-2-7/h1-6H. The molecular weight excluding hydrogens is 393 g/mol. The quantitative estimate of drug-likeness (QED) is 0.605. The van der Waals surface area contributed by atoms with E-state index in [1.165, 1.54) is 24.3 Å². The fourth-order valence-corrected chi connectivity index (χ4v) is 3.13. The SMILES string of the molecule is O=c1oc(-c2ccc(F)cc2)nc2c(Br)cc(Br)cc12. The molecule has 0 atom stereocenters. The van der Waals surface area contributed by atoms with Gasteiger partial charge in [0.05, 0.1) is 10.9 Å². The molecule has 0 aliphatic carbocycles. The molecule has 0 spiro atoms. The highest BCUT2D eigenvalue weighted by Crippen LogP contribution is 2.27. The van der Waals surface area contributed by atoms with Gasteiger partial charge >= 0.3 is 5.63 Å². The van der Waals surface area contributed by atoms with Gasteiger partial charge in [0.25, 0.3) is 0 Å². The van der Waals surface area contributed by atoms with Crippen LogP contribution < -0.4 is 5.63 Å². The maximum Gasteiger partial charge on any atom is 0.347 e. The lowest BCUT2D eigenvalue weighted by atomic mass is 10.2. The zero-order valence-electron chi connectivity index (χ0n) is 9.86. The molecule has 0 unspecified atom stereocenters. The highest BCUT2D eigenvalue weighted by atomic mass is 79.9. The van der Waals surface area contributed by atoms with Crippen LogP contribution in [-0.2, 0) is 0 Å². The van der Waals surface area contributed by atoms with E-state index in [1.807, 2.05) is 0 Å². The van der Waals surface area contributed by atoms with Crippen molar-refractivity contribution in [3.63, 3.8) is 0 Å². The number of fused-ring (bicyclic) bond motifs is 1. The van der Waals surface area contributed by atoms with Gasteiger partial charge in [0.1, 0.15) is 5.82 Å². The zero-order valence-corrected chi connectivity index (χ0v) is 13.0. The highest BCUT2D eigenvalue weighted by Gasteiger charge is 2.12. The number of hydrogen-bond acceptors (Lipinski definition) is 3. The molecule has 0 fully saturated rings. The monoisotopic (exact) mass is 397 g/mol. The first-order valence-electron chi connectivity index (χ1n) is 5.60. The molecule has 0 bridgehead atoms. The van der Waals surface area contributed by atoms with Crippen molar-refractivity contribution < 1.29 is 8.81 Å². The lowest BCUT2D eigenvalue weighted by Gasteiger charge is -2.04. The number of nitrogens with zero attached hydrogens (tertiary/aromatic N) is 1. The van der Waals surface area contributed by atoms with Gasteiger partial charge in [-0.05, 0) is 52.3 Å². The molecule has 0 aliphatic rings. The molecule has 0 N–H and O–H groups in total. The molecule has 6 heteroatoms. The van der Waals surface area contributed by atoms with Crippen LogP contribution in [0.4, 0.5) is 4.39 Å². The summed E-state index contributed by atoms with van der Waals surface area (Å²) in [5, 5.41) is 0.372. The van der Waals surface area contributed by atoms with Gasteiger partial charge in [-0.1, -0.05) is 15.9 Å². The van der Waals surface area contributed by atoms with E-state index in [1.54, 1.807) is 12.1 Å². The van der Waals surface area contributed by atoms with Crippen molar-refractivity contribution in [2.75, 3.05) is 0 Å². The van der Waals surface area contributed by atoms with Crippen molar-refractivity contribution in [2.45, 2.75) is 0 Å². The molecule has 3 aromatic rings. The van der Waals surface area contributed by atoms with Gasteiger partial charge in [0.15, 0.2) is 0 Å². The van der Waals surface area contributed by atoms with Crippen molar-refractivity contribution in [1.29, 1.82) is 0 Å². The molecule has 100 valence electrons. The van der Waals surface area contributed by atoms with Gasteiger partial charge in [-0.25, -0.2) is 14.2 Å². The van der Waals surface area contributed by atoms with Crippen LogP contribution in [0.15, 0.2) is 54.6 Å².